The van der Waals surface area contributed by atoms with Crippen molar-refractivity contribution in [3.05, 3.63) is 39.9 Å². The van der Waals surface area contributed by atoms with E-state index in [2.05, 4.69) is 5.32 Å². The number of carbonyl (C=O) groups excluding carboxylic acids is 1. The molecule has 0 bridgehead atoms. The lowest BCUT2D eigenvalue weighted by atomic mass is 10.1. The fourth-order valence-corrected chi connectivity index (χ4v) is 2.41. The fraction of sp³-hybridized carbons (Fsp3) is 0.462. The maximum absolute atomic E-state index is 12.4. The summed E-state index contributed by atoms with van der Waals surface area (Å²) in [5.41, 5.74) is 0.490. The number of nitro groups is 1. The molecular formula is C13H17N3O3. The second kappa shape index (κ2) is 5.36. The van der Waals surface area contributed by atoms with Crippen molar-refractivity contribution in [1.82, 2.24) is 10.2 Å². The summed E-state index contributed by atoms with van der Waals surface area (Å²) in [6, 6.07) is 6.00. The quantitative estimate of drug-likeness (QED) is 0.646. The summed E-state index contributed by atoms with van der Waals surface area (Å²) < 4.78 is 0. The van der Waals surface area contributed by atoms with E-state index < -0.39 is 4.92 Å². The zero-order valence-electron chi connectivity index (χ0n) is 11.0. The number of nitro benzene ring substituents is 1. The summed E-state index contributed by atoms with van der Waals surface area (Å²) in [6.07, 6.45) is 0. The number of hydrogen-bond donors (Lipinski definition) is 1. The molecule has 1 aliphatic rings. The SMILES string of the molecule is C[C@H]1CNC[C@H](C)N1C(=O)c1ccc([N+](=O)[O-])cc1. The van der Waals surface area contributed by atoms with Gasteiger partial charge in [0.2, 0.25) is 0 Å². The number of non-ortho nitro benzene ring substituents is 1. The molecule has 1 N–H and O–H groups in total. The van der Waals surface area contributed by atoms with Gasteiger partial charge in [0.1, 0.15) is 0 Å². The highest BCUT2D eigenvalue weighted by Crippen LogP contribution is 2.17. The minimum Gasteiger partial charge on any atom is -0.331 e. The third-order valence-electron chi connectivity index (χ3n) is 3.39. The molecule has 1 aliphatic heterocycles. The highest BCUT2D eigenvalue weighted by atomic mass is 16.6. The summed E-state index contributed by atoms with van der Waals surface area (Å²) in [4.78, 5) is 24.4. The lowest BCUT2D eigenvalue weighted by Gasteiger charge is -2.39. The Balaban J connectivity index is 2.20. The molecule has 1 fully saturated rings. The molecule has 0 spiro atoms. The molecule has 2 atom stereocenters. The molecule has 19 heavy (non-hydrogen) atoms. The second-order valence-electron chi connectivity index (χ2n) is 4.87. The van der Waals surface area contributed by atoms with Gasteiger partial charge in [0.25, 0.3) is 11.6 Å². The zero-order valence-corrected chi connectivity index (χ0v) is 11.0. The van der Waals surface area contributed by atoms with Gasteiger partial charge < -0.3 is 10.2 Å². The molecule has 0 saturated carbocycles. The molecule has 1 saturated heterocycles. The first-order valence-corrected chi connectivity index (χ1v) is 6.28. The number of piperazine rings is 1. The Kier molecular flexibility index (Phi) is 3.80. The van der Waals surface area contributed by atoms with Gasteiger partial charge in [-0.15, -0.1) is 0 Å². The van der Waals surface area contributed by atoms with Gasteiger partial charge in [-0.05, 0) is 26.0 Å². The first kappa shape index (κ1) is 13.5. The van der Waals surface area contributed by atoms with Crippen LogP contribution in [-0.4, -0.2) is 40.9 Å². The van der Waals surface area contributed by atoms with E-state index in [4.69, 9.17) is 0 Å². The molecule has 6 heteroatoms. The molecule has 1 aromatic carbocycles. The second-order valence-corrected chi connectivity index (χ2v) is 4.87. The Morgan fingerprint density at radius 2 is 1.79 bits per heavy atom. The summed E-state index contributed by atoms with van der Waals surface area (Å²) >= 11 is 0. The van der Waals surface area contributed by atoms with Crippen LogP contribution in [0.3, 0.4) is 0 Å². The molecule has 0 unspecified atom stereocenters. The standard InChI is InChI=1S/C13H17N3O3/c1-9-7-14-8-10(2)15(9)13(17)11-3-5-12(6-4-11)16(18)19/h3-6,9-10,14H,7-8H2,1-2H3/t9-,10-/m0/s1. The van der Waals surface area contributed by atoms with Gasteiger partial charge in [-0.3, -0.25) is 14.9 Å². The molecule has 1 amide bonds. The van der Waals surface area contributed by atoms with Crippen LogP contribution in [0.25, 0.3) is 0 Å². The smallest absolute Gasteiger partial charge is 0.269 e. The summed E-state index contributed by atoms with van der Waals surface area (Å²) in [7, 11) is 0. The third-order valence-corrected chi connectivity index (χ3v) is 3.39. The Hall–Kier alpha value is -1.95. The van der Waals surface area contributed by atoms with Crippen molar-refractivity contribution in [2.45, 2.75) is 25.9 Å². The van der Waals surface area contributed by atoms with Crippen molar-refractivity contribution >= 4 is 11.6 Å². The van der Waals surface area contributed by atoms with Crippen molar-refractivity contribution in [3.8, 4) is 0 Å². The number of rotatable bonds is 2. The van der Waals surface area contributed by atoms with Crippen LogP contribution >= 0.6 is 0 Å². The monoisotopic (exact) mass is 263 g/mol. The van der Waals surface area contributed by atoms with Crippen LogP contribution < -0.4 is 5.32 Å². The Morgan fingerprint density at radius 3 is 2.26 bits per heavy atom. The Morgan fingerprint density at radius 1 is 1.26 bits per heavy atom. The van der Waals surface area contributed by atoms with E-state index in [-0.39, 0.29) is 23.7 Å². The lowest BCUT2D eigenvalue weighted by Crippen LogP contribution is -2.57. The van der Waals surface area contributed by atoms with Crippen LogP contribution in [0.15, 0.2) is 24.3 Å². The van der Waals surface area contributed by atoms with Gasteiger partial charge in [-0.2, -0.15) is 0 Å². The van der Waals surface area contributed by atoms with E-state index >= 15 is 0 Å². The minimum absolute atomic E-state index is 0.00189. The van der Waals surface area contributed by atoms with Gasteiger partial charge in [0.05, 0.1) is 4.92 Å². The predicted molar refractivity (Wildman–Crippen MR) is 71.1 cm³/mol. The fourth-order valence-electron chi connectivity index (χ4n) is 2.41. The maximum Gasteiger partial charge on any atom is 0.269 e. The largest absolute Gasteiger partial charge is 0.331 e. The molecule has 2 rings (SSSR count). The number of carbonyl (C=O) groups is 1. The molecule has 0 radical (unpaired) electrons. The molecular weight excluding hydrogens is 246 g/mol. The Labute approximate surface area is 111 Å². The van der Waals surface area contributed by atoms with E-state index in [1.54, 1.807) is 0 Å². The number of benzene rings is 1. The summed E-state index contributed by atoms with van der Waals surface area (Å²) in [5.74, 6) is -0.0728. The van der Waals surface area contributed by atoms with Crippen LogP contribution in [0.2, 0.25) is 0 Å². The molecule has 1 aromatic rings. The van der Waals surface area contributed by atoms with Crippen LogP contribution in [0.1, 0.15) is 24.2 Å². The Bertz CT molecular complexity index is 476. The average Bonchev–Trinajstić information content (AvgIpc) is 2.38. The third kappa shape index (κ3) is 2.73. The average molecular weight is 263 g/mol. The van der Waals surface area contributed by atoms with E-state index in [1.165, 1.54) is 24.3 Å². The van der Waals surface area contributed by atoms with E-state index in [0.717, 1.165) is 13.1 Å². The van der Waals surface area contributed by atoms with Gasteiger partial charge in [-0.1, -0.05) is 0 Å². The molecule has 102 valence electrons. The lowest BCUT2D eigenvalue weighted by molar-refractivity contribution is -0.384. The van der Waals surface area contributed by atoms with Crippen LogP contribution in [0, 0.1) is 10.1 Å². The molecule has 1 heterocycles. The van der Waals surface area contributed by atoms with Crippen LogP contribution in [0.4, 0.5) is 5.69 Å². The van der Waals surface area contributed by atoms with Crippen LogP contribution in [0.5, 0.6) is 0 Å². The molecule has 0 aliphatic carbocycles. The number of amides is 1. The number of nitrogens with one attached hydrogen (secondary N) is 1. The molecule has 6 nitrogen and oxygen atoms in total. The van der Waals surface area contributed by atoms with Crippen molar-refractivity contribution in [3.63, 3.8) is 0 Å². The van der Waals surface area contributed by atoms with Gasteiger partial charge >= 0.3 is 0 Å². The van der Waals surface area contributed by atoms with Crippen molar-refractivity contribution in [2.75, 3.05) is 13.1 Å². The maximum atomic E-state index is 12.4. The summed E-state index contributed by atoms with van der Waals surface area (Å²) in [6.45, 7) is 5.52. The number of hydrogen-bond acceptors (Lipinski definition) is 4. The van der Waals surface area contributed by atoms with Crippen molar-refractivity contribution in [2.24, 2.45) is 0 Å². The van der Waals surface area contributed by atoms with Crippen LogP contribution in [-0.2, 0) is 0 Å². The van der Waals surface area contributed by atoms with Crippen molar-refractivity contribution in [1.29, 1.82) is 0 Å². The van der Waals surface area contributed by atoms with Crippen molar-refractivity contribution < 1.29 is 9.72 Å². The first-order chi connectivity index (χ1) is 9.00. The van der Waals surface area contributed by atoms with E-state index in [0.29, 0.717) is 5.56 Å². The van der Waals surface area contributed by atoms with E-state index in [9.17, 15) is 14.9 Å². The number of nitrogens with zero attached hydrogens (tertiary/aromatic N) is 2. The van der Waals surface area contributed by atoms with E-state index in [1.807, 2.05) is 18.7 Å². The van der Waals surface area contributed by atoms with Gasteiger partial charge in [-0.25, -0.2) is 0 Å². The van der Waals surface area contributed by atoms with Gasteiger partial charge in [0, 0.05) is 42.9 Å². The van der Waals surface area contributed by atoms with Gasteiger partial charge in [0.15, 0.2) is 0 Å². The predicted octanol–water partition coefficient (Wildman–Crippen LogP) is 1.42. The molecule has 0 aromatic heterocycles. The summed E-state index contributed by atoms with van der Waals surface area (Å²) in [5, 5.41) is 13.9. The highest BCUT2D eigenvalue weighted by Gasteiger charge is 2.29. The zero-order chi connectivity index (χ0) is 14.0. The normalized spacial score (nSPS) is 23.2. The topological polar surface area (TPSA) is 75.5 Å². The highest BCUT2D eigenvalue weighted by molar-refractivity contribution is 5.95. The first-order valence-electron chi connectivity index (χ1n) is 6.28. The minimum atomic E-state index is -0.468.